The summed E-state index contributed by atoms with van der Waals surface area (Å²) in [6, 6.07) is 5.21. The minimum atomic E-state index is -4.36. The van der Waals surface area contributed by atoms with Crippen LogP contribution in [0.25, 0.3) is 10.6 Å². The standard InChI is InChI=1S/C16H15F3N2OS/c1-2-14(22)21-7-6-12-13(9-21)23-15(20-12)10-4-3-5-11(8-10)16(17,18)19/h3-5,8H,2,6-7,9H2,1H3. The number of carbonyl (C=O) groups excluding carboxylic acids is 1. The van der Waals surface area contributed by atoms with E-state index in [1.165, 1.54) is 17.4 Å². The zero-order valence-electron chi connectivity index (χ0n) is 12.5. The lowest BCUT2D eigenvalue weighted by molar-refractivity contribution is -0.137. The Morgan fingerprint density at radius 3 is 2.87 bits per heavy atom. The highest BCUT2D eigenvalue weighted by Crippen LogP contribution is 2.35. The fourth-order valence-electron chi connectivity index (χ4n) is 2.58. The number of nitrogens with zero attached hydrogens (tertiary/aromatic N) is 2. The highest BCUT2D eigenvalue weighted by atomic mass is 32.1. The Hall–Kier alpha value is -1.89. The van der Waals surface area contributed by atoms with Crippen LogP contribution in [0, 0.1) is 0 Å². The Morgan fingerprint density at radius 1 is 1.39 bits per heavy atom. The fraction of sp³-hybridized carbons (Fsp3) is 0.375. The molecule has 0 saturated carbocycles. The maximum Gasteiger partial charge on any atom is 0.416 e. The van der Waals surface area contributed by atoms with Crippen LogP contribution in [-0.4, -0.2) is 22.3 Å². The van der Waals surface area contributed by atoms with E-state index in [-0.39, 0.29) is 5.91 Å². The van der Waals surface area contributed by atoms with Gasteiger partial charge in [-0.25, -0.2) is 4.98 Å². The fourth-order valence-corrected chi connectivity index (χ4v) is 3.70. The number of aromatic nitrogens is 1. The molecule has 1 aliphatic heterocycles. The molecule has 2 aromatic rings. The number of thiazole rings is 1. The van der Waals surface area contributed by atoms with Crippen LogP contribution in [-0.2, 0) is 23.9 Å². The molecule has 0 saturated heterocycles. The average Bonchev–Trinajstić information content (AvgIpc) is 2.96. The van der Waals surface area contributed by atoms with Crippen LogP contribution in [0.5, 0.6) is 0 Å². The third kappa shape index (κ3) is 3.24. The van der Waals surface area contributed by atoms with Gasteiger partial charge >= 0.3 is 6.18 Å². The third-order valence-electron chi connectivity index (χ3n) is 3.82. The summed E-state index contributed by atoms with van der Waals surface area (Å²) in [6.45, 7) is 2.93. The van der Waals surface area contributed by atoms with Crippen LogP contribution in [0.3, 0.4) is 0 Å². The molecule has 0 aliphatic carbocycles. The Labute approximate surface area is 135 Å². The molecular weight excluding hydrogens is 325 g/mol. The number of carbonyl (C=O) groups is 1. The van der Waals surface area contributed by atoms with E-state index in [0.717, 1.165) is 22.7 Å². The second-order valence-corrected chi connectivity index (χ2v) is 6.47. The molecule has 1 aromatic heterocycles. The zero-order chi connectivity index (χ0) is 16.6. The number of rotatable bonds is 2. The van der Waals surface area contributed by atoms with Crippen LogP contribution in [0.2, 0.25) is 0 Å². The Balaban J connectivity index is 1.90. The van der Waals surface area contributed by atoms with Crippen molar-refractivity contribution in [2.24, 2.45) is 0 Å². The van der Waals surface area contributed by atoms with Crippen LogP contribution < -0.4 is 0 Å². The normalized spacial score (nSPS) is 14.7. The van der Waals surface area contributed by atoms with E-state index in [0.29, 0.717) is 36.5 Å². The van der Waals surface area contributed by atoms with E-state index >= 15 is 0 Å². The van der Waals surface area contributed by atoms with Crippen molar-refractivity contribution in [1.29, 1.82) is 0 Å². The molecular formula is C16H15F3N2OS. The first-order valence-corrected chi connectivity index (χ1v) is 8.14. The van der Waals surface area contributed by atoms with E-state index in [1.807, 2.05) is 6.92 Å². The number of benzene rings is 1. The van der Waals surface area contributed by atoms with Crippen molar-refractivity contribution in [3.63, 3.8) is 0 Å². The summed E-state index contributed by atoms with van der Waals surface area (Å²) in [4.78, 5) is 19.0. The molecule has 0 atom stereocenters. The van der Waals surface area contributed by atoms with Gasteiger partial charge < -0.3 is 4.90 Å². The first-order valence-electron chi connectivity index (χ1n) is 7.32. The van der Waals surface area contributed by atoms with Gasteiger partial charge in [-0.05, 0) is 12.1 Å². The minimum Gasteiger partial charge on any atom is -0.337 e. The summed E-state index contributed by atoms with van der Waals surface area (Å²) >= 11 is 1.37. The Bertz CT molecular complexity index is 739. The molecule has 1 aromatic carbocycles. The smallest absolute Gasteiger partial charge is 0.337 e. The molecule has 122 valence electrons. The van der Waals surface area contributed by atoms with E-state index in [4.69, 9.17) is 0 Å². The largest absolute Gasteiger partial charge is 0.416 e. The molecule has 0 spiro atoms. The summed E-state index contributed by atoms with van der Waals surface area (Å²) in [7, 11) is 0. The molecule has 23 heavy (non-hydrogen) atoms. The second-order valence-electron chi connectivity index (χ2n) is 5.39. The van der Waals surface area contributed by atoms with Gasteiger partial charge in [0.25, 0.3) is 0 Å². The van der Waals surface area contributed by atoms with Crippen molar-refractivity contribution in [1.82, 2.24) is 9.88 Å². The maximum atomic E-state index is 12.8. The van der Waals surface area contributed by atoms with Crippen LogP contribution in [0.1, 0.15) is 29.5 Å². The van der Waals surface area contributed by atoms with Gasteiger partial charge in [0.2, 0.25) is 5.91 Å². The number of hydrogen-bond acceptors (Lipinski definition) is 3. The number of fused-ring (bicyclic) bond motifs is 1. The van der Waals surface area contributed by atoms with Gasteiger partial charge in [0.1, 0.15) is 5.01 Å². The molecule has 0 radical (unpaired) electrons. The molecule has 3 nitrogen and oxygen atoms in total. The van der Waals surface area contributed by atoms with Gasteiger partial charge in [-0.2, -0.15) is 13.2 Å². The highest BCUT2D eigenvalue weighted by Gasteiger charge is 2.31. The summed E-state index contributed by atoms with van der Waals surface area (Å²) < 4.78 is 38.5. The number of halogens is 3. The molecule has 1 aliphatic rings. The van der Waals surface area contributed by atoms with Gasteiger partial charge in [-0.15, -0.1) is 11.3 Å². The molecule has 1 amide bonds. The second kappa shape index (κ2) is 5.96. The van der Waals surface area contributed by atoms with Crippen LogP contribution >= 0.6 is 11.3 Å². The summed E-state index contributed by atoms with van der Waals surface area (Å²) in [5.41, 5.74) is 0.682. The van der Waals surface area contributed by atoms with Crippen molar-refractivity contribution >= 4 is 17.2 Å². The van der Waals surface area contributed by atoms with Crippen molar-refractivity contribution in [3.05, 3.63) is 40.4 Å². The maximum absolute atomic E-state index is 12.8. The van der Waals surface area contributed by atoms with Crippen molar-refractivity contribution in [2.45, 2.75) is 32.5 Å². The van der Waals surface area contributed by atoms with Gasteiger partial charge in [0.15, 0.2) is 0 Å². The Kier molecular flexibility index (Phi) is 4.14. The molecule has 0 unspecified atom stereocenters. The number of alkyl halides is 3. The topological polar surface area (TPSA) is 33.2 Å². The van der Waals surface area contributed by atoms with E-state index in [9.17, 15) is 18.0 Å². The predicted octanol–water partition coefficient (Wildman–Crippen LogP) is 4.12. The zero-order valence-corrected chi connectivity index (χ0v) is 13.3. The molecule has 0 N–H and O–H groups in total. The quantitative estimate of drug-likeness (QED) is 0.824. The van der Waals surface area contributed by atoms with Crippen molar-refractivity contribution in [2.75, 3.05) is 6.54 Å². The Morgan fingerprint density at radius 2 is 2.17 bits per heavy atom. The number of hydrogen-bond donors (Lipinski definition) is 0. The van der Waals surface area contributed by atoms with E-state index in [2.05, 4.69) is 4.98 Å². The summed E-state index contributed by atoms with van der Waals surface area (Å²) in [6.07, 6.45) is -3.26. The lowest BCUT2D eigenvalue weighted by Crippen LogP contribution is -2.34. The van der Waals surface area contributed by atoms with Crippen LogP contribution in [0.4, 0.5) is 13.2 Å². The van der Waals surface area contributed by atoms with Gasteiger partial charge in [0.05, 0.1) is 17.8 Å². The first kappa shape index (κ1) is 16.0. The van der Waals surface area contributed by atoms with Gasteiger partial charge in [0, 0.05) is 29.8 Å². The summed E-state index contributed by atoms with van der Waals surface area (Å²) in [5.74, 6) is 0.0877. The average molecular weight is 340 g/mol. The lowest BCUT2D eigenvalue weighted by Gasteiger charge is -2.25. The molecule has 0 bridgehead atoms. The highest BCUT2D eigenvalue weighted by molar-refractivity contribution is 7.15. The van der Waals surface area contributed by atoms with Gasteiger partial charge in [-0.3, -0.25) is 4.79 Å². The summed E-state index contributed by atoms with van der Waals surface area (Å²) in [5, 5.41) is 0.576. The predicted molar refractivity (Wildman–Crippen MR) is 82.0 cm³/mol. The molecule has 7 heteroatoms. The van der Waals surface area contributed by atoms with Crippen LogP contribution in [0.15, 0.2) is 24.3 Å². The molecule has 0 fully saturated rings. The van der Waals surface area contributed by atoms with Crippen molar-refractivity contribution < 1.29 is 18.0 Å². The first-order chi connectivity index (χ1) is 10.9. The van der Waals surface area contributed by atoms with Crippen molar-refractivity contribution in [3.8, 4) is 10.6 Å². The third-order valence-corrected chi connectivity index (χ3v) is 4.95. The van der Waals surface area contributed by atoms with E-state index < -0.39 is 11.7 Å². The lowest BCUT2D eigenvalue weighted by atomic mass is 10.1. The van der Waals surface area contributed by atoms with E-state index in [1.54, 1.807) is 11.0 Å². The SMILES string of the molecule is CCC(=O)N1CCc2nc(-c3cccc(C(F)(F)F)c3)sc2C1. The monoisotopic (exact) mass is 340 g/mol. The molecule has 3 rings (SSSR count). The molecule has 2 heterocycles. The van der Waals surface area contributed by atoms with Gasteiger partial charge in [-0.1, -0.05) is 19.1 Å². The minimum absolute atomic E-state index is 0.0877. The number of amides is 1.